The minimum atomic E-state index is -0.741. The first-order chi connectivity index (χ1) is 7.51. The number of nitrogens with zero attached hydrogens (tertiary/aromatic N) is 2. The normalized spacial score (nSPS) is 9.31. The quantitative estimate of drug-likeness (QED) is 0.438. The predicted molar refractivity (Wildman–Crippen MR) is 54.4 cm³/mol. The molecule has 6 nitrogen and oxygen atoms in total. The third-order valence-corrected chi connectivity index (χ3v) is 2.00. The van der Waals surface area contributed by atoms with Crippen LogP contribution < -0.4 is 4.74 Å². The second-order valence-electron chi connectivity index (χ2n) is 3.00. The van der Waals surface area contributed by atoms with Crippen LogP contribution in [0.4, 0.5) is 5.69 Å². The molecular formula is C10H8N2O4. The molecule has 1 rings (SSSR count). The van der Waals surface area contributed by atoms with Crippen molar-refractivity contribution in [2.45, 2.75) is 6.92 Å². The number of ether oxygens (including phenoxy) is 1. The lowest BCUT2D eigenvalue weighted by Gasteiger charge is -2.04. The molecule has 0 spiro atoms. The monoisotopic (exact) mass is 220 g/mol. The van der Waals surface area contributed by atoms with Gasteiger partial charge in [-0.05, 0) is 13.0 Å². The summed E-state index contributed by atoms with van der Waals surface area (Å²) in [6, 6.07) is 4.15. The van der Waals surface area contributed by atoms with E-state index in [0.29, 0.717) is 0 Å². The molecule has 0 fully saturated rings. The van der Waals surface area contributed by atoms with E-state index >= 15 is 0 Å². The van der Waals surface area contributed by atoms with Crippen LogP contribution in [0.3, 0.4) is 0 Å². The van der Waals surface area contributed by atoms with E-state index in [1.165, 1.54) is 26.2 Å². The third kappa shape index (κ3) is 1.98. The fourth-order valence-corrected chi connectivity index (χ4v) is 1.28. The topological polar surface area (TPSA) is 93.2 Å². The molecule has 0 aliphatic rings. The Kier molecular flexibility index (Phi) is 3.20. The average molecular weight is 220 g/mol. The van der Waals surface area contributed by atoms with Crippen molar-refractivity contribution in [2.24, 2.45) is 0 Å². The zero-order valence-electron chi connectivity index (χ0n) is 8.68. The number of hydrogen-bond donors (Lipinski definition) is 0. The number of carbonyl (C=O) groups excluding carboxylic acids is 1. The van der Waals surface area contributed by atoms with Crippen LogP contribution in [0.5, 0.6) is 5.75 Å². The first-order valence-corrected chi connectivity index (χ1v) is 4.28. The zero-order valence-corrected chi connectivity index (χ0v) is 8.68. The second kappa shape index (κ2) is 4.40. The molecule has 0 unspecified atom stereocenters. The first kappa shape index (κ1) is 11.7. The molecule has 0 radical (unpaired) electrons. The van der Waals surface area contributed by atoms with Crippen molar-refractivity contribution in [1.82, 2.24) is 0 Å². The van der Waals surface area contributed by atoms with E-state index in [1.54, 1.807) is 6.07 Å². The maximum atomic E-state index is 11.2. The maximum Gasteiger partial charge on any atom is 0.298 e. The minimum Gasteiger partial charge on any atom is -0.497 e. The Balaban J connectivity index is 3.62. The Labute approximate surface area is 91.2 Å². The van der Waals surface area contributed by atoms with Crippen LogP contribution in [0.1, 0.15) is 22.8 Å². The van der Waals surface area contributed by atoms with Crippen LogP contribution in [0, 0.1) is 21.4 Å². The number of hydrogen-bond acceptors (Lipinski definition) is 5. The molecule has 82 valence electrons. The van der Waals surface area contributed by atoms with Gasteiger partial charge in [-0.15, -0.1) is 0 Å². The highest BCUT2D eigenvalue weighted by Crippen LogP contribution is 2.29. The summed E-state index contributed by atoms with van der Waals surface area (Å²) in [5.41, 5.74) is -0.786. The van der Waals surface area contributed by atoms with Gasteiger partial charge in [0.15, 0.2) is 5.78 Å². The van der Waals surface area contributed by atoms with Gasteiger partial charge in [0.05, 0.1) is 12.0 Å². The highest BCUT2D eigenvalue weighted by Gasteiger charge is 2.24. The van der Waals surface area contributed by atoms with Crippen LogP contribution >= 0.6 is 0 Å². The molecular weight excluding hydrogens is 212 g/mol. The van der Waals surface area contributed by atoms with Gasteiger partial charge in [-0.3, -0.25) is 14.9 Å². The van der Waals surface area contributed by atoms with Crippen molar-refractivity contribution in [2.75, 3.05) is 7.11 Å². The molecule has 1 aromatic carbocycles. The van der Waals surface area contributed by atoms with Crippen molar-refractivity contribution >= 4 is 11.5 Å². The van der Waals surface area contributed by atoms with Gasteiger partial charge in [-0.25, -0.2) is 0 Å². The Hall–Kier alpha value is -2.42. The van der Waals surface area contributed by atoms with E-state index in [0.717, 1.165) is 0 Å². The van der Waals surface area contributed by atoms with Gasteiger partial charge in [-0.2, -0.15) is 5.26 Å². The number of benzene rings is 1. The van der Waals surface area contributed by atoms with E-state index < -0.39 is 16.4 Å². The SMILES string of the molecule is COc1cc(C#N)c([N+](=O)[O-])c(C(C)=O)c1. The summed E-state index contributed by atoms with van der Waals surface area (Å²) in [6.07, 6.45) is 0. The number of Topliss-reactive ketones (excluding diaryl/α,β-unsaturated/α-hetero) is 1. The van der Waals surface area contributed by atoms with Gasteiger partial charge >= 0.3 is 0 Å². The minimum absolute atomic E-state index is 0.124. The Morgan fingerprint density at radius 3 is 2.56 bits per heavy atom. The lowest BCUT2D eigenvalue weighted by Crippen LogP contribution is -2.03. The molecule has 16 heavy (non-hydrogen) atoms. The van der Waals surface area contributed by atoms with E-state index in [2.05, 4.69) is 0 Å². The summed E-state index contributed by atoms with van der Waals surface area (Å²) in [7, 11) is 1.35. The van der Waals surface area contributed by atoms with Gasteiger partial charge in [0.1, 0.15) is 22.9 Å². The highest BCUT2D eigenvalue weighted by atomic mass is 16.6. The van der Waals surface area contributed by atoms with Crippen LogP contribution in [-0.2, 0) is 0 Å². The van der Waals surface area contributed by atoms with Gasteiger partial charge in [-0.1, -0.05) is 0 Å². The highest BCUT2D eigenvalue weighted by molar-refractivity contribution is 5.99. The van der Waals surface area contributed by atoms with Crippen LogP contribution in [0.25, 0.3) is 0 Å². The number of nitriles is 1. The van der Waals surface area contributed by atoms with E-state index in [4.69, 9.17) is 10.00 Å². The van der Waals surface area contributed by atoms with Gasteiger partial charge in [0, 0.05) is 6.07 Å². The van der Waals surface area contributed by atoms with Crippen LogP contribution in [0.2, 0.25) is 0 Å². The fourth-order valence-electron chi connectivity index (χ4n) is 1.28. The fraction of sp³-hybridized carbons (Fsp3) is 0.200. The number of nitro groups is 1. The van der Waals surface area contributed by atoms with Crippen molar-refractivity contribution in [1.29, 1.82) is 5.26 Å². The summed E-state index contributed by atoms with van der Waals surface area (Å²) in [6.45, 7) is 1.20. The van der Waals surface area contributed by atoms with Gasteiger partial charge in [0.25, 0.3) is 5.69 Å². The summed E-state index contributed by atoms with van der Waals surface area (Å²) < 4.78 is 4.86. The molecule has 0 heterocycles. The molecule has 0 aliphatic carbocycles. The zero-order chi connectivity index (χ0) is 12.3. The Morgan fingerprint density at radius 2 is 2.19 bits per heavy atom. The number of nitro benzene ring substituents is 1. The summed E-state index contributed by atoms with van der Waals surface area (Å²) in [5.74, 6) is -0.241. The summed E-state index contributed by atoms with van der Waals surface area (Å²) in [5, 5.41) is 19.5. The van der Waals surface area contributed by atoms with Gasteiger partial charge < -0.3 is 4.74 Å². The second-order valence-corrected chi connectivity index (χ2v) is 3.00. The van der Waals surface area contributed by atoms with Crippen molar-refractivity contribution in [3.05, 3.63) is 33.4 Å². The smallest absolute Gasteiger partial charge is 0.298 e. The molecule has 0 aromatic heterocycles. The molecule has 1 aromatic rings. The standard InChI is InChI=1S/C10H8N2O4/c1-6(13)9-4-8(16-2)3-7(5-11)10(9)12(14)15/h3-4H,1-2H3. The molecule has 0 saturated carbocycles. The third-order valence-electron chi connectivity index (χ3n) is 2.00. The molecule has 0 atom stereocenters. The molecule has 0 bridgehead atoms. The summed E-state index contributed by atoms with van der Waals surface area (Å²) >= 11 is 0. The lowest BCUT2D eigenvalue weighted by atomic mass is 10.0. The van der Waals surface area contributed by atoms with E-state index in [1.807, 2.05) is 0 Å². The maximum absolute atomic E-state index is 11.2. The van der Waals surface area contributed by atoms with Crippen molar-refractivity contribution in [3.63, 3.8) is 0 Å². The van der Waals surface area contributed by atoms with Crippen molar-refractivity contribution < 1.29 is 14.5 Å². The first-order valence-electron chi connectivity index (χ1n) is 4.28. The molecule has 0 aliphatic heterocycles. The molecule has 0 saturated heterocycles. The Bertz CT molecular complexity index is 502. The number of rotatable bonds is 3. The van der Waals surface area contributed by atoms with E-state index in [-0.39, 0.29) is 16.9 Å². The van der Waals surface area contributed by atoms with E-state index in [9.17, 15) is 14.9 Å². The number of ketones is 1. The largest absolute Gasteiger partial charge is 0.497 e. The molecule has 0 N–H and O–H groups in total. The van der Waals surface area contributed by atoms with Crippen molar-refractivity contribution in [3.8, 4) is 11.8 Å². The Morgan fingerprint density at radius 1 is 1.56 bits per heavy atom. The summed E-state index contributed by atoms with van der Waals surface area (Å²) in [4.78, 5) is 21.3. The molecule has 6 heteroatoms. The lowest BCUT2D eigenvalue weighted by molar-refractivity contribution is -0.385. The molecule has 0 amide bonds. The van der Waals surface area contributed by atoms with Crippen LogP contribution in [-0.4, -0.2) is 17.8 Å². The number of carbonyl (C=O) groups is 1. The number of methoxy groups -OCH3 is 1. The van der Waals surface area contributed by atoms with Gasteiger partial charge in [0.2, 0.25) is 0 Å². The van der Waals surface area contributed by atoms with Crippen LogP contribution in [0.15, 0.2) is 12.1 Å². The predicted octanol–water partition coefficient (Wildman–Crippen LogP) is 1.68. The average Bonchev–Trinajstić information content (AvgIpc) is 2.26.